The zero-order valence-corrected chi connectivity index (χ0v) is 38.2. The third kappa shape index (κ3) is 13.8. The summed E-state index contributed by atoms with van der Waals surface area (Å²) in [6.45, 7) is 4.38. The van der Waals surface area contributed by atoms with Crippen molar-refractivity contribution in [2.75, 3.05) is 58.3 Å². The predicted molar refractivity (Wildman–Crippen MR) is 255 cm³/mol. The summed E-state index contributed by atoms with van der Waals surface area (Å²) < 4.78 is 71.8. The first kappa shape index (κ1) is 48.6. The zero-order chi connectivity index (χ0) is 47.4. The molecule has 22 heteroatoms. The number of rotatable bonds is 22. The number of aliphatic hydroxyl groups is 2. The Balaban J connectivity index is 1.29. The summed E-state index contributed by atoms with van der Waals surface area (Å²) in [5, 5.41) is 33.1. The number of benzene rings is 4. The van der Waals surface area contributed by atoms with Gasteiger partial charge in [-0.3, -0.25) is 9.11 Å². The van der Waals surface area contributed by atoms with Crippen LogP contribution in [-0.2, 0) is 20.2 Å². The Morgan fingerprint density at radius 2 is 0.848 bits per heavy atom. The number of para-hydroxylation sites is 2. The van der Waals surface area contributed by atoms with Crippen molar-refractivity contribution < 1.29 is 36.2 Å². The molecule has 6 rings (SSSR count). The smallest absolute Gasteiger partial charge is 0.295 e. The molecule has 2 unspecified atom stereocenters. The highest BCUT2D eigenvalue weighted by Gasteiger charge is 2.21. The molecule has 2 atom stereocenters. The maximum Gasteiger partial charge on any atom is 0.295 e. The molecular weight excluding hydrogens is 889 g/mol. The van der Waals surface area contributed by atoms with Crippen LogP contribution in [0.5, 0.6) is 0 Å². The fourth-order valence-electron chi connectivity index (χ4n) is 6.62. The molecule has 0 amide bonds. The van der Waals surface area contributed by atoms with Crippen LogP contribution in [0.2, 0.25) is 0 Å². The largest absolute Gasteiger partial charge is 0.391 e. The molecule has 0 saturated carbocycles. The standard InChI is InChI=1S/C44H52N12O8S2/c1-5-13-35(57)27-55(3)43-51-39(45-31-15-9-7-10-16-31)49-41(53-43)47-33-23-21-29(37(25-33)65(59,60)61)19-20-30-22-24-34(26-38(30)66(62,63)64)48-42-50-40(46-32-17-11-8-12-18-32)52-44(54-42)56(4)28-36(58)14-6-2/h7-12,15-26,35-36,57-58H,5-6,13-14,27-28H2,1-4H3,(H,59,60,61)(H,62,63,64)(H2,45,47,49,51,53)(H2,46,48,50,52,54). The van der Waals surface area contributed by atoms with Gasteiger partial charge >= 0.3 is 0 Å². The van der Waals surface area contributed by atoms with E-state index in [9.17, 15) is 36.2 Å². The summed E-state index contributed by atoms with van der Waals surface area (Å²) >= 11 is 0. The number of hydrogen-bond acceptors (Lipinski definition) is 18. The normalized spacial score (nSPS) is 12.7. The minimum atomic E-state index is -4.88. The summed E-state index contributed by atoms with van der Waals surface area (Å²) in [6.07, 6.45) is 3.94. The third-order valence-electron chi connectivity index (χ3n) is 9.74. The summed E-state index contributed by atoms with van der Waals surface area (Å²) in [7, 11) is -6.32. The molecule has 2 heterocycles. The molecule has 0 fully saturated rings. The highest BCUT2D eigenvalue weighted by Crippen LogP contribution is 2.29. The predicted octanol–water partition coefficient (Wildman–Crippen LogP) is 6.89. The molecule has 6 aromatic rings. The van der Waals surface area contributed by atoms with E-state index in [0.29, 0.717) is 24.2 Å². The Morgan fingerprint density at radius 3 is 1.17 bits per heavy atom. The number of aliphatic hydroxyl groups excluding tert-OH is 2. The van der Waals surface area contributed by atoms with Crippen LogP contribution in [0.25, 0.3) is 12.2 Å². The maximum atomic E-state index is 12.8. The molecule has 0 radical (unpaired) electrons. The first-order chi connectivity index (χ1) is 31.5. The molecule has 0 bridgehead atoms. The van der Waals surface area contributed by atoms with E-state index in [1.807, 2.05) is 74.5 Å². The monoisotopic (exact) mass is 940 g/mol. The van der Waals surface area contributed by atoms with Crippen molar-refractivity contribution >= 4 is 90.8 Å². The van der Waals surface area contributed by atoms with Gasteiger partial charge in [0, 0.05) is 49.9 Å². The van der Waals surface area contributed by atoms with Gasteiger partial charge in [0.15, 0.2) is 0 Å². The molecule has 4 aromatic carbocycles. The highest BCUT2D eigenvalue weighted by molar-refractivity contribution is 7.86. The number of aromatic nitrogens is 6. The Hall–Kier alpha value is -6.82. The van der Waals surface area contributed by atoms with E-state index in [2.05, 4.69) is 51.2 Å². The Labute approximate surface area is 383 Å². The molecule has 0 aliphatic carbocycles. The molecule has 0 spiro atoms. The van der Waals surface area contributed by atoms with Crippen molar-refractivity contribution in [2.24, 2.45) is 0 Å². The van der Waals surface area contributed by atoms with Gasteiger partial charge in [0.25, 0.3) is 20.2 Å². The first-order valence-electron chi connectivity index (χ1n) is 20.9. The number of anilines is 10. The van der Waals surface area contributed by atoms with Gasteiger partial charge in [-0.05, 0) is 72.5 Å². The number of nitrogens with zero attached hydrogens (tertiary/aromatic N) is 8. The third-order valence-corrected chi connectivity index (χ3v) is 11.6. The molecule has 348 valence electrons. The van der Waals surface area contributed by atoms with Gasteiger partial charge in [0.1, 0.15) is 9.79 Å². The van der Waals surface area contributed by atoms with E-state index in [1.165, 1.54) is 36.4 Å². The number of nitrogens with one attached hydrogen (secondary N) is 4. The summed E-state index contributed by atoms with van der Waals surface area (Å²) in [6, 6.07) is 26.3. The van der Waals surface area contributed by atoms with Crippen LogP contribution in [0, 0.1) is 0 Å². The van der Waals surface area contributed by atoms with Crippen LogP contribution >= 0.6 is 0 Å². The van der Waals surface area contributed by atoms with E-state index >= 15 is 0 Å². The second-order valence-corrected chi connectivity index (χ2v) is 18.0. The molecule has 8 N–H and O–H groups in total. The van der Waals surface area contributed by atoms with Gasteiger partial charge in [0.05, 0.1) is 12.2 Å². The average molecular weight is 941 g/mol. The van der Waals surface area contributed by atoms with Gasteiger partial charge in [-0.2, -0.15) is 46.7 Å². The van der Waals surface area contributed by atoms with E-state index < -0.39 is 42.2 Å². The SMILES string of the molecule is CCCC(O)CN(C)c1nc(Nc2ccccc2)nc(Nc2ccc(C=Cc3ccc(Nc4nc(Nc5ccccc5)nc(N(C)CC(O)CCC)n4)cc3S(=O)(=O)O)c(S(=O)(=O)O)c2)n1. The maximum absolute atomic E-state index is 12.8. The van der Waals surface area contributed by atoms with Crippen LogP contribution < -0.4 is 31.1 Å². The van der Waals surface area contributed by atoms with Gasteiger partial charge < -0.3 is 41.3 Å². The van der Waals surface area contributed by atoms with E-state index in [0.717, 1.165) is 25.0 Å². The van der Waals surface area contributed by atoms with Crippen LogP contribution in [-0.4, -0.2) is 105 Å². The Bertz CT molecular complexity index is 2650. The number of likely N-dealkylation sites (N-methyl/N-ethyl adjacent to an activating group) is 2. The minimum absolute atomic E-state index is 0.0150. The average Bonchev–Trinajstić information content (AvgIpc) is 3.26. The van der Waals surface area contributed by atoms with Crippen LogP contribution in [0.1, 0.15) is 50.7 Å². The van der Waals surface area contributed by atoms with Crippen molar-refractivity contribution in [1.29, 1.82) is 0 Å². The van der Waals surface area contributed by atoms with Crippen molar-refractivity contribution in [3.8, 4) is 0 Å². The van der Waals surface area contributed by atoms with Crippen molar-refractivity contribution in [1.82, 2.24) is 29.9 Å². The minimum Gasteiger partial charge on any atom is -0.391 e. The molecule has 20 nitrogen and oxygen atoms in total. The molecule has 0 aliphatic heterocycles. The lowest BCUT2D eigenvalue weighted by Gasteiger charge is -2.21. The summed E-state index contributed by atoms with van der Waals surface area (Å²) in [5.41, 5.74) is 1.65. The molecule has 0 aliphatic rings. The van der Waals surface area contributed by atoms with Gasteiger partial charge in [-0.25, -0.2) is 0 Å². The number of hydrogen-bond donors (Lipinski definition) is 8. The van der Waals surface area contributed by atoms with E-state index in [-0.39, 0.29) is 71.3 Å². The van der Waals surface area contributed by atoms with E-state index in [1.54, 1.807) is 23.9 Å². The topological polar surface area (TPSA) is 281 Å². The fourth-order valence-corrected chi connectivity index (χ4v) is 8.04. The summed E-state index contributed by atoms with van der Waals surface area (Å²) in [5.74, 6) is 0.762. The van der Waals surface area contributed by atoms with Crippen LogP contribution in [0.4, 0.5) is 58.4 Å². The summed E-state index contributed by atoms with van der Waals surface area (Å²) in [4.78, 5) is 29.2. The van der Waals surface area contributed by atoms with Gasteiger partial charge in [0.2, 0.25) is 35.7 Å². The molecule has 0 saturated heterocycles. The van der Waals surface area contributed by atoms with E-state index in [4.69, 9.17) is 0 Å². The molecule has 66 heavy (non-hydrogen) atoms. The highest BCUT2D eigenvalue weighted by atomic mass is 32.2. The first-order valence-corrected chi connectivity index (χ1v) is 23.7. The second-order valence-electron chi connectivity index (χ2n) is 15.2. The lowest BCUT2D eigenvalue weighted by molar-refractivity contribution is 0.169. The fraction of sp³-hybridized carbons (Fsp3) is 0.273. The Morgan fingerprint density at radius 1 is 0.515 bits per heavy atom. The van der Waals surface area contributed by atoms with Gasteiger partial charge in [-0.1, -0.05) is 87.4 Å². The van der Waals surface area contributed by atoms with Crippen molar-refractivity contribution in [2.45, 2.75) is 61.5 Å². The van der Waals surface area contributed by atoms with Crippen LogP contribution in [0.15, 0.2) is 107 Å². The van der Waals surface area contributed by atoms with Crippen LogP contribution in [0.3, 0.4) is 0 Å². The molecular formula is C44H52N12O8S2. The second kappa shape index (κ2) is 21.9. The van der Waals surface area contributed by atoms with Crippen molar-refractivity contribution in [3.05, 3.63) is 108 Å². The van der Waals surface area contributed by atoms with Gasteiger partial charge in [-0.15, -0.1) is 0 Å². The lowest BCUT2D eigenvalue weighted by Crippen LogP contribution is -2.30. The lowest BCUT2D eigenvalue weighted by atomic mass is 10.1. The quantitative estimate of drug-likeness (QED) is 0.0254. The molecule has 2 aromatic heterocycles. The Kier molecular flexibility index (Phi) is 16.1. The zero-order valence-electron chi connectivity index (χ0n) is 36.6. The van der Waals surface area contributed by atoms with Crippen molar-refractivity contribution in [3.63, 3.8) is 0 Å².